The molecule has 0 radical (unpaired) electrons. The monoisotopic (exact) mass is 342 g/mol. The molecule has 2 aromatic rings. The van der Waals surface area contributed by atoms with Crippen LogP contribution in [0, 0.1) is 5.41 Å². The van der Waals surface area contributed by atoms with Gasteiger partial charge in [0.15, 0.2) is 5.76 Å². The minimum atomic E-state index is -0.101. The first-order chi connectivity index (χ1) is 12.3. The van der Waals surface area contributed by atoms with Crippen LogP contribution in [0.3, 0.4) is 0 Å². The topological polar surface area (TPSA) is 71.7 Å². The highest BCUT2D eigenvalue weighted by Crippen LogP contribution is 2.34. The smallest absolute Gasteiger partial charge is 0.289 e. The lowest BCUT2D eigenvalue weighted by molar-refractivity contribution is 0.0122. The van der Waals surface area contributed by atoms with Gasteiger partial charge in [-0.15, -0.1) is 0 Å². The van der Waals surface area contributed by atoms with E-state index in [1.54, 1.807) is 24.5 Å². The number of rotatable bonds is 2. The molecule has 132 valence electrons. The van der Waals surface area contributed by atoms with Gasteiger partial charge in [0, 0.05) is 44.0 Å². The van der Waals surface area contributed by atoms with Crippen LogP contribution < -0.4 is 4.90 Å². The molecule has 7 heteroatoms. The molecule has 0 bridgehead atoms. The van der Waals surface area contributed by atoms with E-state index < -0.39 is 0 Å². The summed E-state index contributed by atoms with van der Waals surface area (Å²) in [6.45, 7) is 4.26. The number of nitrogens with zero attached hydrogens (tertiary/aromatic N) is 4. The van der Waals surface area contributed by atoms with Crippen LogP contribution in [0.25, 0.3) is 0 Å². The fourth-order valence-electron chi connectivity index (χ4n) is 3.80. The minimum Gasteiger partial charge on any atom is -0.459 e. The van der Waals surface area contributed by atoms with Gasteiger partial charge in [0.1, 0.15) is 0 Å². The Hall–Kier alpha value is -2.41. The van der Waals surface area contributed by atoms with Crippen molar-refractivity contribution in [1.29, 1.82) is 0 Å². The molecule has 4 rings (SSSR count). The largest absolute Gasteiger partial charge is 0.459 e. The van der Waals surface area contributed by atoms with Crippen LogP contribution in [-0.2, 0) is 4.74 Å². The second kappa shape index (κ2) is 6.84. The van der Waals surface area contributed by atoms with Crippen LogP contribution in [0.5, 0.6) is 0 Å². The van der Waals surface area contributed by atoms with Gasteiger partial charge < -0.3 is 19.0 Å². The Morgan fingerprint density at radius 3 is 2.84 bits per heavy atom. The van der Waals surface area contributed by atoms with Gasteiger partial charge >= 0.3 is 0 Å². The van der Waals surface area contributed by atoms with Crippen molar-refractivity contribution in [2.75, 3.05) is 44.3 Å². The predicted octanol–water partition coefficient (Wildman–Crippen LogP) is 1.83. The van der Waals surface area contributed by atoms with Gasteiger partial charge in [-0.25, -0.2) is 9.97 Å². The maximum absolute atomic E-state index is 12.7. The summed E-state index contributed by atoms with van der Waals surface area (Å²) in [6.07, 6.45) is 7.04. The average molecular weight is 342 g/mol. The highest BCUT2D eigenvalue weighted by atomic mass is 16.5. The van der Waals surface area contributed by atoms with Crippen LogP contribution in [0.1, 0.15) is 23.4 Å². The van der Waals surface area contributed by atoms with Crippen LogP contribution in [0.4, 0.5) is 5.95 Å². The quantitative estimate of drug-likeness (QED) is 0.829. The first kappa shape index (κ1) is 16.1. The molecule has 1 spiro atoms. The molecule has 2 fully saturated rings. The normalized spacial score (nSPS) is 24.3. The number of furan rings is 1. The number of likely N-dealkylation sites (tertiary alicyclic amines) is 1. The van der Waals surface area contributed by atoms with Crippen molar-refractivity contribution in [2.45, 2.75) is 12.8 Å². The van der Waals surface area contributed by atoms with Crippen molar-refractivity contribution in [3.8, 4) is 0 Å². The molecule has 1 atom stereocenters. The summed E-state index contributed by atoms with van der Waals surface area (Å²) < 4.78 is 11.2. The van der Waals surface area contributed by atoms with E-state index in [0.717, 1.165) is 38.4 Å². The molecule has 0 N–H and O–H groups in total. The van der Waals surface area contributed by atoms with Crippen LogP contribution in [-0.4, -0.2) is 60.2 Å². The Bertz CT molecular complexity index is 706. The lowest BCUT2D eigenvalue weighted by Crippen LogP contribution is -2.52. The Kier molecular flexibility index (Phi) is 4.40. The van der Waals surface area contributed by atoms with E-state index in [1.165, 1.54) is 6.26 Å². The lowest BCUT2D eigenvalue weighted by atomic mass is 9.80. The van der Waals surface area contributed by atoms with E-state index in [-0.39, 0.29) is 11.3 Å². The molecule has 0 aromatic carbocycles. The Balaban J connectivity index is 1.53. The summed E-state index contributed by atoms with van der Waals surface area (Å²) in [7, 11) is 0. The minimum absolute atomic E-state index is 0.0455. The number of anilines is 1. The van der Waals surface area contributed by atoms with Crippen molar-refractivity contribution < 1.29 is 13.9 Å². The lowest BCUT2D eigenvalue weighted by Gasteiger charge is -2.43. The number of ether oxygens (including phenoxy) is 1. The molecule has 2 aliphatic rings. The van der Waals surface area contributed by atoms with Gasteiger partial charge in [-0.3, -0.25) is 4.79 Å². The van der Waals surface area contributed by atoms with E-state index in [1.807, 2.05) is 11.0 Å². The summed E-state index contributed by atoms with van der Waals surface area (Å²) in [6, 6.07) is 5.28. The second-order valence-corrected chi connectivity index (χ2v) is 6.83. The average Bonchev–Trinajstić information content (AvgIpc) is 3.12. The maximum atomic E-state index is 12.7. The number of piperidine rings is 1. The molecule has 0 saturated carbocycles. The van der Waals surface area contributed by atoms with Crippen molar-refractivity contribution in [2.24, 2.45) is 5.41 Å². The zero-order valence-electron chi connectivity index (χ0n) is 14.1. The van der Waals surface area contributed by atoms with E-state index in [0.29, 0.717) is 25.5 Å². The fraction of sp³-hybridized carbons (Fsp3) is 0.500. The van der Waals surface area contributed by atoms with Crippen molar-refractivity contribution >= 4 is 11.9 Å². The van der Waals surface area contributed by atoms with Gasteiger partial charge in [-0.05, 0) is 31.0 Å². The van der Waals surface area contributed by atoms with Gasteiger partial charge in [-0.1, -0.05) is 0 Å². The highest BCUT2D eigenvalue weighted by Gasteiger charge is 2.41. The van der Waals surface area contributed by atoms with Crippen LogP contribution >= 0.6 is 0 Å². The van der Waals surface area contributed by atoms with Crippen molar-refractivity contribution in [1.82, 2.24) is 14.9 Å². The van der Waals surface area contributed by atoms with Gasteiger partial charge in [0.05, 0.1) is 19.5 Å². The molecule has 2 aromatic heterocycles. The number of aromatic nitrogens is 2. The van der Waals surface area contributed by atoms with Crippen molar-refractivity contribution in [3.05, 3.63) is 42.6 Å². The first-order valence-electron chi connectivity index (χ1n) is 8.68. The molecule has 0 aliphatic carbocycles. The van der Waals surface area contributed by atoms with Crippen LogP contribution in [0.2, 0.25) is 0 Å². The van der Waals surface area contributed by atoms with Crippen LogP contribution in [0.15, 0.2) is 41.3 Å². The molecule has 2 aliphatic heterocycles. The maximum Gasteiger partial charge on any atom is 0.289 e. The molecule has 2 saturated heterocycles. The highest BCUT2D eigenvalue weighted by molar-refractivity contribution is 5.91. The number of hydrogen-bond acceptors (Lipinski definition) is 6. The summed E-state index contributed by atoms with van der Waals surface area (Å²) in [5.74, 6) is 1.08. The van der Waals surface area contributed by atoms with Crippen molar-refractivity contribution in [3.63, 3.8) is 0 Å². The van der Waals surface area contributed by atoms with E-state index in [9.17, 15) is 4.79 Å². The van der Waals surface area contributed by atoms with Gasteiger partial charge in [-0.2, -0.15) is 0 Å². The molecule has 1 amide bonds. The van der Waals surface area contributed by atoms with Gasteiger partial charge in [0.2, 0.25) is 5.95 Å². The molecule has 25 heavy (non-hydrogen) atoms. The zero-order valence-corrected chi connectivity index (χ0v) is 14.1. The SMILES string of the molecule is O=C(c1ccco1)N1CCCC2(COCCN(c3ncccn3)C2)C1. The molecular weight excluding hydrogens is 320 g/mol. The third-order valence-corrected chi connectivity index (χ3v) is 4.96. The standard InChI is InChI=1S/C18H22N4O3/c23-16(15-4-1-10-25-15)21-8-2-5-18(12-21)13-22(9-11-24-14-18)17-19-6-3-7-20-17/h1,3-4,6-7,10H,2,5,8-9,11-14H2. The Morgan fingerprint density at radius 1 is 1.16 bits per heavy atom. The van der Waals surface area contributed by atoms with Gasteiger partial charge in [0.25, 0.3) is 5.91 Å². The summed E-state index contributed by atoms with van der Waals surface area (Å²) in [5.41, 5.74) is -0.101. The molecule has 7 nitrogen and oxygen atoms in total. The number of carbonyl (C=O) groups is 1. The summed E-state index contributed by atoms with van der Waals surface area (Å²) >= 11 is 0. The number of hydrogen-bond donors (Lipinski definition) is 0. The molecule has 4 heterocycles. The first-order valence-corrected chi connectivity index (χ1v) is 8.68. The number of carbonyl (C=O) groups excluding carboxylic acids is 1. The molecular formula is C18H22N4O3. The number of amides is 1. The fourth-order valence-corrected chi connectivity index (χ4v) is 3.80. The van der Waals surface area contributed by atoms with E-state index >= 15 is 0 Å². The Labute approximate surface area is 146 Å². The summed E-state index contributed by atoms with van der Waals surface area (Å²) in [4.78, 5) is 25.5. The second-order valence-electron chi connectivity index (χ2n) is 6.83. The van der Waals surface area contributed by atoms with E-state index in [4.69, 9.17) is 9.15 Å². The third-order valence-electron chi connectivity index (χ3n) is 4.96. The molecule has 1 unspecified atom stereocenters. The third kappa shape index (κ3) is 3.37. The van der Waals surface area contributed by atoms with E-state index in [2.05, 4.69) is 14.9 Å². The Morgan fingerprint density at radius 2 is 2.04 bits per heavy atom. The summed E-state index contributed by atoms with van der Waals surface area (Å²) in [5, 5.41) is 0. The zero-order chi connectivity index (χ0) is 17.1. The predicted molar refractivity (Wildman–Crippen MR) is 91.3 cm³/mol.